The van der Waals surface area contributed by atoms with Gasteiger partial charge in [0.1, 0.15) is 0 Å². The second kappa shape index (κ2) is 6.41. The van der Waals surface area contributed by atoms with Gasteiger partial charge in [-0.15, -0.1) is 11.3 Å². The summed E-state index contributed by atoms with van der Waals surface area (Å²) < 4.78 is 0. The van der Waals surface area contributed by atoms with E-state index in [9.17, 15) is 0 Å². The Labute approximate surface area is 152 Å². The molecule has 25 heavy (non-hydrogen) atoms. The molecule has 0 bridgehead atoms. The zero-order chi connectivity index (χ0) is 17.4. The Morgan fingerprint density at radius 1 is 1.16 bits per heavy atom. The lowest BCUT2D eigenvalue weighted by atomic mass is 9.95. The van der Waals surface area contributed by atoms with Crippen LogP contribution in [0.2, 0.25) is 0 Å². The topological polar surface area (TPSA) is 45.4 Å². The second-order valence-electron chi connectivity index (χ2n) is 6.55. The molecule has 2 N–H and O–H groups in total. The van der Waals surface area contributed by atoms with Crippen LogP contribution in [0.3, 0.4) is 0 Å². The number of fused-ring (bicyclic) bond motifs is 1. The number of nitrogens with two attached hydrogens (primary N) is 1. The average molecular weight is 350 g/mol. The number of aromatic nitrogens is 1. The van der Waals surface area contributed by atoms with Crippen molar-refractivity contribution in [3.8, 4) is 0 Å². The molecule has 1 unspecified atom stereocenters. The molecule has 0 amide bonds. The zero-order valence-electron chi connectivity index (χ0n) is 14.5. The molecule has 0 saturated carbocycles. The number of hydrogen-bond donors (Lipinski definition) is 1. The summed E-state index contributed by atoms with van der Waals surface area (Å²) in [6, 6.07) is 17.0. The third-order valence-corrected chi connectivity index (χ3v) is 5.71. The Kier molecular flexibility index (Phi) is 4.09. The first kappa shape index (κ1) is 16.0. The van der Waals surface area contributed by atoms with Crippen LogP contribution in [-0.2, 0) is 6.42 Å². The first-order valence-corrected chi connectivity index (χ1v) is 9.34. The molecular formula is C20H22N4S. The van der Waals surface area contributed by atoms with Gasteiger partial charge < -0.3 is 15.5 Å². The molecule has 0 fully saturated rings. The molecule has 0 radical (unpaired) electrons. The van der Waals surface area contributed by atoms with Crippen molar-refractivity contribution in [2.45, 2.75) is 12.5 Å². The maximum atomic E-state index is 6.35. The van der Waals surface area contributed by atoms with E-state index in [-0.39, 0.29) is 6.04 Å². The van der Waals surface area contributed by atoms with Gasteiger partial charge in [-0.05, 0) is 24.3 Å². The van der Waals surface area contributed by atoms with Crippen molar-refractivity contribution < 1.29 is 0 Å². The summed E-state index contributed by atoms with van der Waals surface area (Å²) >= 11 is 1.73. The van der Waals surface area contributed by atoms with Crippen molar-refractivity contribution in [3.05, 3.63) is 70.2 Å². The lowest BCUT2D eigenvalue weighted by Crippen LogP contribution is -2.36. The van der Waals surface area contributed by atoms with Crippen LogP contribution in [0, 0.1) is 0 Å². The van der Waals surface area contributed by atoms with Crippen LogP contribution in [0.25, 0.3) is 0 Å². The molecule has 1 aliphatic rings. The van der Waals surface area contributed by atoms with Gasteiger partial charge in [0.15, 0.2) is 0 Å². The fraction of sp³-hybridized carbons (Fsp3) is 0.250. The zero-order valence-corrected chi connectivity index (χ0v) is 15.3. The van der Waals surface area contributed by atoms with Crippen LogP contribution in [-0.4, -0.2) is 25.6 Å². The molecule has 1 aliphatic heterocycles. The Bertz CT molecular complexity index is 887. The number of nitrogens with zero attached hydrogens (tertiary/aromatic N) is 3. The van der Waals surface area contributed by atoms with E-state index in [2.05, 4.69) is 65.3 Å². The average Bonchev–Trinajstić information content (AvgIpc) is 3.10. The van der Waals surface area contributed by atoms with Crippen molar-refractivity contribution in [1.29, 1.82) is 0 Å². The summed E-state index contributed by atoms with van der Waals surface area (Å²) in [6.45, 7) is 0.937. The van der Waals surface area contributed by atoms with Crippen LogP contribution in [0.5, 0.6) is 0 Å². The molecule has 1 aromatic heterocycles. The lowest BCUT2D eigenvalue weighted by Gasteiger charge is -2.38. The summed E-state index contributed by atoms with van der Waals surface area (Å²) in [5.41, 5.74) is 13.9. The van der Waals surface area contributed by atoms with Crippen molar-refractivity contribution in [1.82, 2.24) is 4.98 Å². The molecule has 2 aromatic carbocycles. The molecule has 128 valence electrons. The summed E-state index contributed by atoms with van der Waals surface area (Å²) in [5.74, 6) is 0. The number of benzene rings is 2. The van der Waals surface area contributed by atoms with E-state index in [1.807, 2.05) is 17.6 Å². The maximum absolute atomic E-state index is 6.35. The number of anilines is 3. The van der Waals surface area contributed by atoms with Crippen molar-refractivity contribution in [2.24, 2.45) is 0 Å². The number of thiazole rings is 1. The standard InChI is InChI=1S/C20H22N4S/c1-23(2)14-6-5-7-15(12-14)24-11-10-18-20(25-13-22-18)19(24)16-8-3-4-9-17(16)21/h3-9,12-13,19H,10-11,21H2,1-2H3. The molecule has 2 heterocycles. The van der Waals surface area contributed by atoms with Crippen LogP contribution < -0.4 is 15.5 Å². The van der Waals surface area contributed by atoms with Gasteiger partial charge in [-0.3, -0.25) is 0 Å². The van der Waals surface area contributed by atoms with Crippen molar-refractivity contribution >= 4 is 28.4 Å². The third-order valence-electron chi connectivity index (χ3n) is 4.79. The molecule has 0 spiro atoms. The normalized spacial score (nSPS) is 16.6. The molecule has 3 aromatic rings. The van der Waals surface area contributed by atoms with Gasteiger partial charge in [0.25, 0.3) is 0 Å². The minimum atomic E-state index is 0.120. The van der Waals surface area contributed by atoms with Crippen LogP contribution in [0.4, 0.5) is 17.1 Å². The van der Waals surface area contributed by atoms with E-state index >= 15 is 0 Å². The lowest BCUT2D eigenvalue weighted by molar-refractivity contribution is 0.656. The SMILES string of the molecule is CN(C)c1cccc(N2CCc3ncsc3C2c2ccccc2N)c1. The predicted molar refractivity (Wildman–Crippen MR) is 107 cm³/mol. The Hall–Kier alpha value is -2.53. The van der Waals surface area contributed by atoms with Gasteiger partial charge in [0.05, 0.1) is 22.1 Å². The highest BCUT2D eigenvalue weighted by Crippen LogP contribution is 2.42. The number of nitrogen functional groups attached to an aromatic ring is 1. The Morgan fingerprint density at radius 2 is 2.00 bits per heavy atom. The van der Waals surface area contributed by atoms with Crippen molar-refractivity contribution in [3.63, 3.8) is 0 Å². The molecular weight excluding hydrogens is 328 g/mol. The second-order valence-corrected chi connectivity index (χ2v) is 7.44. The summed E-state index contributed by atoms with van der Waals surface area (Å²) in [6.07, 6.45) is 0.967. The van der Waals surface area contributed by atoms with E-state index in [0.717, 1.165) is 24.2 Å². The summed E-state index contributed by atoms with van der Waals surface area (Å²) in [4.78, 5) is 10.5. The van der Waals surface area contributed by atoms with Crippen LogP contribution >= 0.6 is 11.3 Å². The Morgan fingerprint density at radius 3 is 2.80 bits per heavy atom. The van der Waals surface area contributed by atoms with Gasteiger partial charge in [-0.25, -0.2) is 4.98 Å². The van der Waals surface area contributed by atoms with E-state index in [1.54, 1.807) is 11.3 Å². The molecule has 4 rings (SSSR count). The molecule has 4 nitrogen and oxygen atoms in total. The van der Waals surface area contributed by atoms with E-state index in [4.69, 9.17) is 5.73 Å². The fourth-order valence-corrected chi connectivity index (χ4v) is 4.45. The molecule has 0 aliphatic carbocycles. The number of para-hydroxylation sites is 1. The number of hydrogen-bond acceptors (Lipinski definition) is 5. The fourth-order valence-electron chi connectivity index (χ4n) is 3.48. The van der Waals surface area contributed by atoms with Crippen molar-refractivity contribution in [2.75, 3.05) is 36.2 Å². The van der Waals surface area contributed by atoms with E-state index in [0.29, 0.717) is 0 Å². The quantitative estimate of drug-likeness (QED) is 0.727. The van der Waals surface area contributed by atoms with Gasteiger partial charge in [0, 0.05) is 49.7 Å². The highest BCUT2D eigenvalue weighted by atomic mass is 32.1. The summed E-state index contributed by atoms with van der Waals surface area (Å²) in [5, 5.41) is 0. The maximum Gasteiger partial charge on any atom is 0.0926 e. The van der Waals surface area contributed by atoms with Gasteiger partial charge in [0.2, 0.25) is 0 Å². The smallest absolute Gasteiger partial charge is 0.0926 e. The minimum absolute atomic E-state index is 0.120. The first-order chi connectivity index (χ1) is 12.1. The van der Waals surface area contributed by atoms with E-state index < -0.39 is 0 Å². The van der Waals surface area contributed by atoms with Gasteiger partial charge >= 0.3 is 0 Å². The third kappa shape index (κ3) is 2.85. The molecule has 1 atom stereocenters. The molecule has 0 saturated heterocycles. The van der Waals surface area contributed by atoms with Crippen LogP contribution in [0.15, 0.2) is 54.0 Å². The predicted octanol–water partition coefficient (Wildman–Crippen LogP) is 3.94. The van der Waals surface area contributed by atoms with Crippen LogP contribution in [0.1, 0.15) is 22.2 Å². The van der Waals surface area contributed by atoms with Gasteiger partial charge in [-0.1, -0.05) is 24.3 Å². The Balaban J connectivity index is 1.84. The highest BCUT2D eigenvalue weighted by molar-refractivity contribution is 7.09. The van der Waals surface area contributed by atoms with Gasteiger partial charge in [-0.2, -0.15) is 0 Å². The first-order valence-electron chi connectivity index (χ1n) is 8.46. The minimum Gasteiger partial charge on any atom is -0.398 e. The monoisotopic (exact) mass is 350 g/mol. The number of rotatable bonds is 3. The molecule has 5 heteroatoms. The summed E-state index contributed by atoms with van der Waals surface area (Å²) in [7, 11) is 4.15. The van der Waals surface area contributed by atoms with E-state index in [1.165, 1.54) is 21.9 Å². The largest absolute Gasteiger partial charge is 0.398 e. The highest BCUT2D eigenvalue weighted by Gasteiger charge is 2.32.